The van der Waals surface area contributed by atoms with Gasteiger partial charge in [0.1, 0.15) is 5.15 Å². The lowest BCUT2D eigenvalue weighted by molar-refractivity contribution is 0.231. The molecule has 1 fully saturated rings. The van der Waals surface area contributed by atoms with Crippen LogP contribution in [-0.2, 0) is 5.41 Å². The average molecular weight is 246 g/mol. The van der Waals surface area contributed by atoms with Gasteiger partial charge in [0.15, 0.2) is 0 Å². The minimum absolute atomic E-state index is 0.0842. The monoisotopic (exact) mass is 245 g/mol. The van der Waals surface area contributed by atoms with Crippen molar-refractivity contribution < 1.29 is 5.11 Å². The standard InChI is InChI=1S/C11H13Cl2NO/c1-10(2)5-11(10,6-15)7-4-14-9(13)3-8(7)12/h3-4,15H,5-6H2,1-2H3. The second kappa shape index (κ2) is 3.34. The van der Waals surface area contributed by atoms with Crippen molar-refractivity contribution in [1.82, 2.24) is 4.98 Å². The van der Waals surface area contributed by atoms with Gasteiger partial charge in [-0.15, -0.1) is 0 Å². The number of nitrogens with zero attached hydrogens (tertiary/aromatic N) is 1. The van der Waals surface area contributed by atoms with E-state index in [1.54, 1.807) is 12.3 Å². The minimum Gasteiger partial charge on any atom is -0.395 e. The molecule has 2 nitrogen and oxygen atoms in total. The summed E-state index contributed by atoms with van der Waals surface area (Å²) in [5, 5.41) is 10.5. The van der Waals surface area contributed by atoms with E-state index in [2.05, 4.69) is 18.8 Å². The van der Waals surface area contributed by atoms with Crippen molar-refractivity contribution in [3.8, 4) is 0 Å². The molecule has 1 N–H and O–H groups in total. The third-order valence-electron chi connectivity index (χ3n) is 3.52. The summed E-state index contributed by atoms with van der Waals surface area (Å²) in [6.45, 7) is 4.34. The summed E-state index contributed by atoms with van der Waals surface area (Å²) in [7, 11) is 0. The smallest absolute Gasteiger partial charge is 0.130 e. The third-order valence-corrected chi connectivity index (χ3v) is 4.04. The van der Waals surface area contributed by atoms with Gasteiger partial charge in [-0.25, -0.2) is 4.98 Å². The highest BCUT2D eigenvalue weighted by Gasteiger charge is 2.62. The molecule has 0 radical (unpaired) electrons. The van der Waals surface area contributed by atoms with Crippen molar-refractivity contribution in [1.29, 1.82) is 0 Å². The molecule has 1 atom stereocenters. The first-order chi connectivity index (χ1) is 6.93. The Morgan fingerprint density at radius 1 is 1.47 bits per heavy atom. The first kappa shape index (κ1) is 11.2. The molecule has 1 aliphatic carbocycles. The molecule has 1 aromatic rings. The third kappa shape index (κ3) is 1.55. The number of hydrogen-bond donors (Lipinski definition) is 1. The number of aliphatic hydroxyl groups is 1. The predicted octanol–water partition coefficient (Wildman–Crippen LogP) is 3.05. The van der Waals surface area contributed by atoms with Gasteiger partial charge in [-0.3, -0.25) is 0 Å². The fourth-order valence-electron chi connectivity index (χ4n) is 2.28. The maximum atomic E-state index is 9.52. The van der Waals surface area contributed by atoms with Crippen LogP contribution in [0.4, 0.5) is 0 Å². The fraction of sp³-hybridized carbons (Fsp3) is 0.545. The fourth-order valence-corrected chi connectivity index (χ4v) is 2.83. The molecule has 1 unspecified atom stereocenters. The Labute approximate surface area is 99.2 Å². The molecule has 15 heavy (non-hydrogen) atoms. The summed E-state index contributed by atoms with van der Waals surface area (Å²) in [5.74, 6) is 0. The molecule has 0 saturated heterocycles. The van der Waals surface area contributed by atoms with E-state index >= 15 is 0 Å². The molecule has 0 spiro atoms. The largest absolute Gasteiger partial charge is 0.395 e. The van der Waals surface area contributed by atoms with Gasteiger partial charge in [-0.1, -0.05) is 37.0 Å². The van der Waals surface area contributed by atoms with E-state index in [-0.39, 0.29) is 17.4 Å². The normalized spacial score (nSPS) is 27.8. The molecule has 1 aliphatic rings. The molecule has 0 aliphatic heterocycles. The lowest BCUT2D eigenvalue weighted by Crippen LogP contribution is -2.20. The topological polar surface area (TPSA) is 33.1 Å². The van der Waals surface area contributed by atoms with Crippen molar-refractivity contribution >= 4 is 23.2 Å². The Morgan fingerprint density at radius 2 is 2.07 bits per heavy atom. The quantitative estimate of drug-likeness (QED) is 0.813. The summed E-state index contributed by atoms with van der Waals surface area (Å²) in [4.78, 5) is 4.03. The summed E-state index contributed by atoms with van der Waals surface area (Å²) in [5.41, 5.74) is 0.754. The Hall–Kier alpha value is -0.310. The number of pyridine rings is 1. The number of aliphatic hydroxyl groups excluding tert-OH is 1. The van der Waals surface area contributed by atoms with E-state index in [1.807, 2.05) is 0 Å². The highest BCUT2D eigenvalue weighted by atomic mass is 35.5. The number of rotatable bonds is 2. The van der Waals surface area contributed by atoms with Crippen molar-refractivity contribution in [2.45, 2.75) is 25.7 Å². The number of aromatic nitrogens is 1. The maximum absolute atomic E-state index is 9.52. The van der Waals surface area contributed by atoms with Crippen molar-refractivity contribution in [2.24, 2.45) is 5.41 Å². The minimum atomic E-state index is -0.234. The average Bonchev–Trinajstić information content (AvgIpc) is 2.69. The van der Waals surface area contributed by atoms with Crippen LogP contribution < -0.4 is 0 Å². The van der Waals surface area contributed by atoms with Gasteiger partial charge in [0.05, 0.1) is 6.61 Å². The van der Waals surface area contributed by atoms with Gasteiger partial charge >= 0.3 is 0 Å². The Balaban J connectivity index is 2.46. The van der Waals surface area contributed by atoms with Crippen LogP contribution in [0.25, 0.3) is 0 Å². The Bertz CT molecular complexity index is 406. The van der Waals surface area contributed by atoms with Crippen LogP contribution in [0.15, 0.2) is 12.3 Å². The van der Waals surface area contributed by atoms with E-state index in [0.717, 1.165) is 12.0 Å². The van der Waals surface area contributed by atoms with Gasteiger partial charge < -0.3 is 5.11 Å². The second-order valence-electron chi connectivity index (χ2n) is 4.79. The lowest BCUT2D eigenvalue weighted by Gasteiger charge is -2.19. The zero-order valence-corrected chi connectivity index (χ0v) is 10.2. The summed E-state index contributed by atoms with van der Waals surface area (Å²) in [6.07, 6.45) is 2.61. The van der Waals surface area contributed by atoms with E-state index in [0.29, 0.717) is 10.2 Å². The zero-order chi connectivity index (χ0) is 11.3. The highest BCUT2D eigenvalue weighted by molar-refractivity contribution is 6.34. The Kier molecular flexibility index (Phi) is 2.49. The van der Waals surface area contributed by atoms with E-state index in [4.69, 9.17) is 23.2 Å². The van der Waals surface area contributed by atoms with Crippen LogP contribution >= 0.6 is 23.2 Å². The predicted molar refractivity (Wildman–Crippen MR) is 61.4 cm³/mol. The van der Waals surface area contributed by atoms with Crippen molar-refractivity contribution in [3.63, 3.8) is 0 Å². The van der Waals surface area contributed by atoms with E-state index in [1.165, 1.54) is 0 Å². The van der Waals surface area contributed by atoms with Gasteiger partial charge in [0.25, 0.3) is 0 Å². The molecule has 2 rings (SSSR count). The molecule has 1 heterocycles. The number of hydrogen-bond acceptors (Lipinski definition) is 2. The molecule has 1 saturated carbocycles. The molecular formula is C11H13Cl2NO. The first-order valence-corrected chi connectivity index (χ1v) is 5.61. The van der Waals surface area contributed by atoms with Crippen LogP contribution in [-0.4, -0.2) is 16.7 Å². The maximum Gasteiger partial charge on any atom is 0.130 e. The molecule has 0 amide bonds. The second-order valence-corrected chi connectivity index (χ2v) is 5.58. The molecule has 82 valence electrons. The van der Waals surface area contributed by atoms with Crippen molar-refractivity contribution in [3.05, 3.63) is 28.0 Å². The van der Waals surface area contributed by atoms with Gasteiger partial charge in [-0.2, -0.15) is 0 Å². The number of halogens is 2. The summed E-state index contributed by atoms with van der Waals surface area (Å²) < 4.78 is 0. The van der Waals surface area contributed by atoms with Crippen LogP contribution in [0, 0.1) is 5.41 Å². The van der Waals surface area contributed by atoms with Crippen LogP contribution in [0.2, 0.25) is 10.2 Å². The molecular weight excluding hydrogens is 233 g/mol. The van der Waals surface area contributed by atoms with Crippen molar-refractivity contribution in [2.75, 3.05) is 6.61 Å². The van der Waals surface area contributed by atoms with Gasteiger partial charge in [0.2, 0.25) is 0 Å². The van der Waals surface area contributed by atoms with Gasteiger partial charge in [0, 0.05) is 16.6 Å². The van der Waals surface area contributed by atoms with Gasteiger partial charge in [-0.05, 0) is 23.5 Å². The molecule has 4 heteroatoms. The van der Waals surface area contributed by atoms with E-state index < -0.39 is 0 Å². The van der Waals surface area contributed by atoms with Crippen LogP contribution in [0.5, 0.6) is 0 Å². The lowest BCUT2D eigenvalue weighted by atomic mass is 9.90. The summed E-state index contributed by atoms with van der Waals surface area (Å²) in [6, 6.07) is 1.63. The van der Waals surface area contributed by atoms with E-state index in [9.17, 15) is 5.11 Å². The van der Waals surface area contributed by atoms with Crippen LogP contribution in [0.3, 0.4) is 0 Å². The molecule has 0 aromatic carbocycles. The summed E-state index contributed by atoms with van der Waals surface area (Å²) >= 11 is 11.9. The zero-order valence-electron chi connectivity index (χ0n) is 8.72. The van der Waals surface area contributed by atoms with Crippen LogP contribution in [0.1, 0.15) is 25.8 Å². The SMILES string of the molecule is CC1(C)CC1(CO)c1cnc(Cl)cc1Cl. The first-order valence-electron chi connectivity index (χ1n) is 4.85. The Morgan fingerprint density at radius 3 is 2.47 bits per heavy atom. The molecule has 1 aromatic heterocycles. The highest BCUT2D eigenvalue weighted by Crippen LogP contribution is 2.64. The molecule has 0 bridgehead atoms.